The molecular weight excluding hydrogens is 336 g/mol. The number of amides is 1. The average molecular weight is 361 g/mol. The summed E-state index contributed by atoms with van der Waals surface area (Å²) in [5.74, 6) is -1.39. The van der Waals surface area contributed by atoms with Crippen molar-refractivity contribution in [2.45, 2.75) is 38.8 Å². The molecule has 2 heterocycles. The van der Waals surface area contributed by atoms with Gasteiger partial charge in [0.2, 0.25) is 15.9 Å². The highest BCUT2D eigenvalue weighted by Gasteiger charge is 2.33. The van der Waals surface area contributed by atoms with E-state index in [1.807, 2.05) is 5.38 Å². The van der Waals surface area contributed by atoms with Crippen molar-refractivity contribution in [1.29, 1.82) is 0 Å². The fraction of sp³-hybridized carbons (Fsp3) is 0.714. The first kappa shape index (κ1) is 18.3. The number of piperidine rings is 1. The van der Waals surface area contributed by atoms with Gasteiger partial charge in [0, 0.05) is 17.6 Å². The molecule has 1 unspecified atom stereocenters. The standard InChI is InChI=1S/C14H24N4O3S2/c1-10(2)18-6-3-11(4-7-18)13(14-16-5-8-22-14)17-23(20,21)9-12(15)19/h5,8,10-11,13,17H,3-4,6-7,9H2,1-2H3,(H2,15,19). The van der Waals surface area contributed by atoms with Gasteiger partial charge in [-0.25, -0.2) is 18.1 Å². The van der Waals surface area contributed by atoms with Gasteiger partial charge in [-0.2, -0.15) is 0 Å². The molecule has 0 bridgehead atoms. The van der Waals surface area contributed by atoms with E-state index in [2.05, 4.69) is 28.5 Å². The van der Waals surface area contributed by atoms with Gasteiger partial charge in [-0.15, -0.1) is 11.3 Å². The van der Waals surface area contributed by atoms with Gasteiger partial charge >= 0.3 is 0 Å². The zero-order valence-corrected chi connectivity index (χ0v) is 15.1. The Bertz CT molecular complexity index is 608. The van der Waals surface area contributed by atoms with E-state index >= 15 is 0 Å². The number of thiazole rings is 1. The molecule has 1 fully saturated rings. The molecule has 7 nitrogen and oxygen atoms in total. The van der Waals surface area contributed by atoms with Crippen molar-refractivity contribution >= 4 is 27.3 Å². The molecule has 0 aromatic carbocycles. The monoisotopic (exact) mass is 360 g/mol. The molecule has 2 rings (SSSR count). The number of rotatable bonds is 7. The molecule has 1 atom stereocenters. The number of likely N-dealkylation sites (tertiary alicyclic amines) is 1. The summed E-state index contributed by atoms with van der Waals surface area (Å²) in [5.41, 5.74) is 5.03. The second-order valence-electron chi connectivity index (χ2n) is 6.16. The Morgan fingerprint density at radius 2 is 2.13 bits per heavy atom. The summed E-state index contributed by atoms with van der Waals surface area (Å²) in [6.07, 6.45) is 3.45. The maximum absolute atomic E-state index is 12.1. The SMILES string of the molecule is CC(C)N1CCC(C(NS(=O)(=O)CC(N)=O)c2nccs2)CC1. The zero-order chi connectivity index (χ0) is 17.0. The second kappa shape index (κ2) is 7.69. The van der Waals surface area contributed by atoms with E-state index < -0.39 is 27.7 Å². The van der Waals surface area contributed by atoms with Crippen molar-refractivity contribution in [1.82, 2.24) is 14.6 Å². The summed E-state index contributed by atoms with van der Waals surface area (Å²) >= 11 is 1.42. The molecule has 1 aromatic heterocycles. The van der Waals surface area contributed by atoms with Crippen molar-refractivity contribution in [3.63, 3.8) is 0 Å². The first-order valence-corrected chi connectivity index (χ1v) is 10.2. The van der Waals surface area contributed by atoms with E-state index in [1.54, 1.807) is 6.20 Å². The topological polar surface area (TPSA) is 105 Å². The molecule has 9 heteroatoms. The number of nitrogens with zero attached hydrogens (tertiary/aromatic N) is 2. The number of sulfonamides is 1. The average Bonchev–Trinajstić information content (AvgIpc) is 2.97. The van der Waals surface area contributed by atoms with Gasteiger partial charge in [-0.1, -0.05) is 0 Å². The first-order chi connectivity index (χ1) is 10.8. The van der Waals surface area contributed by atoms with Crippen molar-refractivity contribution in [2.24, 2.45) is 11.7 Å². The predicted octanol–water partition coefficient (Wildman–Crippen LogP) is 0.709. The number of aromatic nitrogens is 1. The number of hydrogen-bond donors (Lipinski definition) is 2. The molecule has 3 N–H and O–H groups in total. The lowest BCUT2D eigenvalue weighted by Gasteiger charge is -2.37. The normalized spacial score (nSPS) is 19.1. The minimum Gasteiger partial charge on any atom is -0.369 e. The highest BCUT2D eigenvalue weighted by atomic mass is 32.2. The minimum absolute atomic E-state index is 0.166. The van der Waals surface area contributed by atoms with Gasteiger partial charge in [-0.3, -0.25) is 4.79 Å². The molecule has 1 saturated heterocycles. The lowest BCUT2D eigenvalue weighted by molar-refractivity contribution is -0.115. The number of carbonyl (C=O) groups is 1. The van der Waals surface area contributed by atoms with Crippen LogP contribution in [0.25, 0.3) is 0 Å². The highest BCUT2D eigenvalue weighted by Crippen LogP contribution is 2.33. The number of nitrogens with two attached hydrogens (primary N) is 1. The predicted molar refractivity (Wildman–Crippen MR) is 90.4 cm³/mol. The molecule has 0 saturated carbocycles. The van der Waals surface area contributed by atoms with Crippen LogP contribution in [-0.2, 0) is 14.8 Å². The van der Waals surface area contributed by atoms with E-state index in [-0.39, 0.29) is 5.92 Å². The summed E-state index contributed by atoms with van der Waals surface area (Å²) in [6.45, 7) is 6.19. The first-order valence-electron chi connectivity index (χ1n) is 7.70. The van der Waals surface area contributed by atoms with Gasteiger partial charge in [0.05, 0.1) is 6.04 Å². The molecule has 1 aliphatic rings. The van der Waals surface area contributed by atoms with Gasteiger partial charge < -0.3 is 10.6 Å². The lowest BCUT2D eigenvalue weighted by Crippen LogP contribution is -2.44. The number of primary amides is 1. The molecule has 1 aliphatic heterocycles. The van der Waals surface area contributed by atoms with E-state index in [0.29, 0.717) is 6.04 Å². The van der Waals surface area contributed by atoms with Gasteiger partial charge in [0.25, 0.3) is 0 Å². The third-order valence-corrected chi connectivity index (χ3v) is 6.27. The summed E-state index contributed by atoms with van der Waals surface area (Å²) in [7, 11) is -3.76. The number of carbonyl (C=O) groups excluding carboxylic acids is 1. The molecular formula is C14H24N4O3S2. The highest BCUT2D eigenvalue weighted by molar-refractivity contribution is 7.90. The Morgan fingerprint density at radius 3 is 2.61 bits per heavy atom. The molecule has 0 spiro atoms. The van der Waals surface area contributed by atoms with Crippen LogP contribution in [0.5, 0.6) is 0 Å². The molecule has 0 aliphatic carbocycles. The van der Waals surface area contributed by atoms with Crippen molar-refractivity contribution < 1.29 is 13.2 Å². The third-order valence-electron chi connectivity index (χ3n) is 4.13. The Morgan fingerprint density at radius 1 is 1.48 bits per heavy atom. The van der Waals surface area contributed by atoms with Crippen molar-refractivity contribution in [3.05, 3.63) is 16.6 Å². The van der Waals surface area contributed by atoms with Crippen LogP contribution >= 0.6 is 11.3 Å². The van der Waals surface area contributed by atoms with Crippen LogP contribution < -0.4 is 10.5 Å². The quantitative estimate of drug-likeness (QED) is 0.745. The Hall–Kier alpha value is -1.03. The Labute approximate surface area is 141 Å². The van der Waals surface area contributed by atoms with Crippen LogP contribution in [0.3, 0.4) is 0 Å². The van der Waals surface area contributed by atoms with E-state index in [1.165, 1.54) is 11.3 Å². The van der Waals surface area contributed by atoms with Crippen molar-refractivity contribution in [3.8, 4) is 0 Å². The summed E-state index contributed by atoms with van der Waals surface area (Å²) in [6, 6.07) is 0.0921. The van der Waals surface area contributed by atoms with Crippen LogP contribution in [-0.4, -0.2) is 49.1 Å². The Kier molecular flexibility index (Phi) is 6.12. The van der Waals surface area contributed by atoms with E-state index in [9.17, 15) is 13.2 Å². The van der Waals surface area contributed by atoms with Crippen LogP contribution in [0.4, 0.5) is 0 Å². The largest absolute Gasteiger partial charge is 0.369 e. The van der Waals surface area contributed by atoms with Crippen LogP contribution in [0.1, 0.15) is 37.7 Å². The van der Waals surface area contributed by atoms with Crippen LogP contribution in [0.2, 0.25) is 0 Å². The van der Waals surface area contributed by atoms with Crippen molar-refractivity contribution in [2.75, 3.05) is 18.8 Å². The lowest BCUT2D eigenvalue weighted by atomic mass is 9.89. The van der Waals surface area contributed by atoms with Gasteiger partial charge in [0.15, 0.2) is 0 Å². The second-order valence-corrected chi connectivity index (χ2v) is 8.84. The molecule has 130 valence electrons. The van der Waals surface area contributed by atoms with Crippen LogP contribution in [0.15, 0.2) is 11.6 Å². The maximum Gasteiger partial charge on any atom is 0.234 e. The van der Waals surface area contributed by atoms with Gasteiger partial charge in [-0.05, 0) is 45.7 Å². The van der Waals surface area contributed by atoms with Gasteiger partial charge in [0.1, 0.15) is 10.8 Å². The van der Waals surface area contributed by atoms with E-state index in [0.717, 1.165) is 30.9 Å². The summed E-state index contributed by atoms with van der Waals surface area (Å²) in [4.78, 5) is 17.6. The number of hydrogen-bond acceptors (Lipinski definition) is 6. The smallest absolute Gasteiger partial charge is 0.234 e. The molecule has 1 aromatic rings. The Balaban J connectivity index is 2.12. The third kappa shape index (κ3) is 5.23. The molecule has 0 radical (unpaired) electrons. The zero-order valence-electron chi connectivity index (χ0n) is 13.4. The summed E-state index contributed by atoms with van der Waals surface area (Å²) in [5, 5.41) is 2.56. The molecule has 1 amide bonds. The fourth-order valence-corrected chi connectivity index (χ4v) is 4.93. The van der Waals surface area contributed by atoms with E-state index in [4.69, 9.17) is 5.73 Å². The molecule has 23 heavy (non-hydrogen) atoms. The van der Waals surface area contributed by atoms with Crippen LogP contribution in [0, 0.1) is 5.92 Å². The maximum atomic E-state index is 12.1. The minimum atomic E-state index is -3.76. The fourth-order valence-electron chi connectivity index (χ4n) is 2.93. The summed E-state index contributed by atoms with van der Waals surface area (Å²) < 4.78 is 26.9. The number of nitrogens with one attached hydrogen (secondary N) is 1.